The second-order valence-corrected chi connectivity index (χ2v) is 8.86. The highest BCUT2D eigenvalue weighted by Gasteiger charge is 2.64. The Labute approximate surface area is 153 Å². The minimum Gasteiger partial charge on any atom is -0.342 e. The summed E-state index contributed by atoms with van der Waals surface area (Å²) >= 11 is 0. The molecule has 4 atom stereocenters. The first-order valence-electron chi connectivity index (χ1n) is 10.2. The molecule has 4 unspecified atom stereocenters. The van der Waals surface area contributed by atoms with Crippen LogP contribution in [-0.4, -0.2) is 33.9 Å². The van der Waals surface area contributed by atoms with E-state index in [1.54, 1.807) is 0 Å². The van der Waals surface area contributed by atoms with Gasteiger partial charge in [-0.2, -0.15) is 0 Å². The molecule has 1 aliphatic heterocycles. The monoisotopic (exact) mass is 347 g/mol. The van der Waals surface area contributed by atoms with E-state index in [1.807, 2.05) is 12.1 Å². The van der Waals surface area contributed by atoms with Gasteiger partial charge in [0.1, 0.15) is 5.82 Å². The van der Waals surface area contributed by atoms with Gasteiger partial charge >= 0.3 is 0 Å². The van der Waals surface area contributed by atoms with Crippen molar-refractivity contribution < 1.29 is 4.79 Å². The summed E-state index contributed by atoms with van der Waals surface area (Å²) in [5.74, 6) is 3.24. The summed E-state index contributed by atoms with van der Waals surface area (Å²) in [6.07, 6.45) is 10.7. The van der Waals surface area contributed by atoms with Gasteiger partial charge in [-0.05, 0) is 61.5 Å². The van der Waals surface area contributed by atoms with Crippen LogP contribution in [0.2, 0.25) is 0 Å². The third-order valence-corrected chi connectivity index (χ3v) is 7.57. The number of carbonyl (C=O) groups excluding carboxylic acids is 1. The molecule has 3 fully saturated rings. The molecule has 1 amide bonds. The molecule has 4 heteroatoms. The maximum absolute atomic E-state index is 13.3. The van der Waals surface area contributed by atoms with E-state index in [-0.39, 0.29) is 5.92 Å². The molecular weight excluding hydrogens is 322 g/mol. The molecule has 4 aliphatic rings. The number of para-hydroxylation sites is 2. The number of aromatic amines is 1. The second kappa shape index (κ2) is 5.21. The average molecular weight is 347 g/mol. The number of piperidine rings is 1. The number of H-pyrrole nitrogens is 1. The lowest BCUT2D eigenvalue weighted by molar-refractivity contribution is -0.137. The van der Waals surface area contributed by atoms with E-state index >= 15 is 0 Å². The highest BCUT2D eigenvalue weighted by molar-refractivity contribution is 5.81. The molecule has 1 saturated heterocycles. The number of carbonyl (C=O) groups is 1. The number of benzene rings is 1. The second-order valence-electron chi connectivity index (χ2n) is 8.86. The summed E-state index contributed by atoms with van der Waals surface area (Å²) in [6.45, 7) is 1.74. The van der Waals surface area contributed by atoms with Gasteiger partial charge < -0.3 is 9.88 Å². The fourth-order valence-corrected chi connectivity index (χ4v) is 6.06. The number of rotatable bonds is 2. The molecule has 3 aliphatic carbocycles. The molecule has 0 radical (unpaired) electrons. The molecule has 4 nitrogen and oxygen atoms in total. The van der Waals surface area contributed by atoms with E-state index < -0.39 is 0 Å². The summed E-state index contributed by atoms with van der Waals surface area (Å²) in [4.78, 5) is 23.7. The lowest BCUT2D eigenvalue weighted by Gasteiger charge is -2.35. The highest BCUT2D eigenvalue weighted by atomic mass is 16.2. The number of hydrogen-bond acceptors (Lipinski definition) is 2. The number of hydrogen-bond donors (Lipinski definition) is 1. The van der Waals surface area contributed by atoms with Crippen LogP contribution in [0.4, 0.5) is 0 Å². The maximum atomic E-state index is 13.3. The molecule has 134 valence electrons. The van der Waals surface area contributed by atoms with Gasteiger partial charge in [0.25, 0.3) is 0 Å². The van der Waals surface area contributed by atoms with Crippen molar-refractivity contribution in [2.24, 2.45) is 23.2 Å². The first-order chi connectivity index (χ1) is 12.7. The van der Waals surface area contributed by atoms with Crippen LogP contribution in [0.1, 0.15) is 43.8 Å². The van der Waals surface area contributed by atoms with Crippen LogP contribution in [-0.2, 0) is 4.79 Å². The van der Waals surface area contributed by atoms with Gasteiger partial charge in [0.05, 0.1) is 11.0 Å². The molecule has 1 aromatic heterocycles. The van der Waals surface area contributed by atoms with Gasteiger partial charge in [0, 0.05) is 24.9 Å². The third-order valence-electron chi connectivity index (χ3n) is 7.57. The van der Waals surface area contributed by atoms with Gasteiger partial charge in [0.2, 0.25) is 5.91 Å². The molecule has 2 saturated carbocycles. The molecule has 2 bridgehead atoms. The zero-order chi connectivity index (χ0) is 17.3. The van der Waals surface area contributed by atoms with Gasteiger partial charge in [-0.3, -0.25) is 4.79 Å². The maximum Gasteiger partial charge on any atom is 0.226 e. The standard InChI is InChI=1S/C22H25N3O/c26-21(16-12-15-7-8-17(16)22(15)9-10-22)25-11-3-4-14(13-25)20-23-18-5-1-2-6-19(18)24-20/h1-2,5-8,14-17H,3-4,9-13H2,(H,23,24). The molecule has 6 rings (SSSR count). The number of amides is 1. The Kier molecular flexibility index (Phi) is 3.01. The summed E-state index contributed by atoms with van der Waals surface area (Å²) in [5.41, 5.74) is 2.62. The van der Waals surface area contributed by atoms with E-state index in [0.29, 0.717) is 29.1 Å². The van der Waals surface area contributed by atoms with Gasteiger partial charge in [-0.25, -0.2) is 4.98 Å². The van der Waals surface area contributed by atoms with Crippen LogP contribution in [0.25, 0.3) is 11.0 Å². The Balaban J connectivity index is 1.22. The van der Waals surface area contributed by atoms with Crippen LogP contribution in [0.5, 0.6) is 0 Å². The fraction of sp³-hybridized carbons (Fsp3) is 0.545. The van der Waals surface area contributed by atoms with Gasteiger partial charge in [-0.1, -0.05) is 24.3 Å². The Hall–Kier alpha value is -2.10. The predicted octanol–water partition coefficient (Wildman–Crippen LogP) is 3.87. The largest absolute Gasteiger partial charge is 0.342 e. The van der Waals surface area contributed by atoms with E-state index in [9.17, 15) is 4.79 Å². The van der Waals surface area contributed by atoms with Crippen molar-refractivity contribution in [3.63, 3.8) is 0 Å². The van der Waals surface area contributed by atoms with Crippen LogP contribution < -0.4 is 0 Å². The number of nitrogens with zero attached hydrogens (tertiary/aromatic N) is 2. The van der Waals surface area contributed by atoms with Crippen LogP contribution >= 0.6 is 0 Å². The molecule has 1 spiro atoms. The lowest BCUT2D eigenvalue weighted by atomic mass is 9.87. The lowest BCUT2D eigenvalue weighted by Crippen LogP contribution is -2.43. The summed E-state index contributed by atoms with van der Waals surface area (Å²) in [7, 11) is 0. The minimum absolute atomic E-state index is 0.238. The number of aromatic nitrogens is 2. The Bertz CT molecular complexity index is 876. The zero-order valence-electron chi connectivity index (χ0n) is 15.0. The molecule has 2 aromatic rings. The topological polar surface area (TPSA) is 49.0 Å². The fourth-order valence-electron chi connectivity index (χ4n) is 6.06. The molecular formula is C22H25N3O. The predicted molar refractivity (Wildman–Crippen MR) is 101 cm³/mol. The van der Waals surface area contributed by atoms with Crippen molar-refractivity contribution in [1.82, 2.24) is 14.9 Å². The number of fused-ring (bicyclic) bond motifs is 1. The van der Waals surface area contributed by atoms with Gasteiger partial charge in [-0.15, -0.1) is 0 Å². The SMILES string of the molecule is O=C(C1CC2C=CC1C21CC1)N1CCCC(c2nc3ccccc3[nH]2)C1. The van der Waals surface area contributed by atoms with Crippen molar-refractivity contribution in [3.05, 3.63) is 42.2 Å². The third kappa shape index (κ3) is 2.02. The summed E-state index contributed by atoms with van der Waals surface area (Å²) < 4.78 is 0. The van der Waals surface area contributed by atoms with Crippen molar-refractivity contribution in [2.45, 2.75) is 38.0 Å². The first-order valence-corrected chi connectivity index (χ1v) is 10.2. The smallest absolute Gasteiger partial charge is 0.226 e. The molecule has 26 heavy (non-hydrogen) atoms. The normalized spacial score (nSPS) is 34.1. The average Bonchev–Trinajstić information content (AvgIpc) is 3.13. The Morgan fingerprint density at radius 3 is 2.92 bits per heavy atom. The van der Waals surface area contributed by atoms with E-state index in [0.717, 1.165) is 49.2 Å². The minimum atomic E-state index is 0.238. The van der Waals surface area contributed by atoms with E-state index in [1.165, 1.54) is 12.8 Å². The van der Waals surface area contributed by atoms with Crippen LogP contribution in [0.3, 0.4) is 0 Å². The first kappa shape index (κ1) is 15.0. The highest BCUT2D eigenvalue weighted by Crippen LogP contribution is 2.70. The molecule has 1 aromatic carbocycles. The quantitative estimate of drug-likeness (QED) is 0.839. The number of imidazole rings is 1. The van der Waals surface area contributed by atoms with Crippen LogP contribution in [0, 0.1) is 23.2 Å². The van der Waals surface area contributed by atoms with Gasteiger partial charge in [0.15, 0.2) is 0 Å². The van der Waals surface area contributed by atoms with Crippen LogP contribution in [0.15, 0.2) is 36.4 Å². The Morgan fingerprint density at radius 2 is 2.12 bits per heavy atom. The van der Waals surface area contributed by atoms with Crippen molar-refractivity contribution >= 4 is 16.9 Å². The molecule has 2 heterocycles. The van der Waals surface area contributed by atoms with Crippen molar-refractivity contribution in [2.75, 3.05) is 13.1 Å². The summed E-state index contributed by atoms with van der Waals surface area (Å²) in [6, 6.07) is 8.20. The van der Waals surface area contributed by atoms with Crippen molar-refractivity contribution in [1.29, 1.82) is 0 Å². The Morgan fingerprint density at radius 1 is 1.23 bits per heavy atom. The van der Waals surface area contributed by atoms with E-state index in [4.69, 9.17) is 4.98 Å². The molecule has 1 N–H and O–H groups in total. The number of nitrogens with one attached hydrogen (secondary N) is 1. The van der Waals surface area contributed by atoms with E-state index in [2.05, 4.69) is 34.2 Å². The number of likely N-dealkylation sites (tertiary alicyclic amines) is 1. The number of allylic oxidation sites excluding steroid dienone is 2. The zero-order valence-corrected chi connectivity index (χ0v) is 15.0. The van der Waals surface area contributed by atoms with Crippen molar-refractivity contribution in [3.8, 4) is 0 Å². The summed E-state index contributed by atoms with van der Waals surface area (Å²) in [5, 5.41) is 0.